The third-order valence-corrected chi connectivity index (χ3v) is 9.69. The molecule has 2 heterocycles. The number of nitrogens with zero attached hydrogens (tertiary/aromatic N) is 3. The first-order valence-corrected chi connectivity index (χ1v) is 15.8. The number of aliphatic hydroxyl groups is 1. The van der Waals surface area contributed by atoms with Crippen molar-refractivity contribution >= 4 is 27.5 Å². The van der Waals surface area contributed by atoms with Crippen LogP contribution < -0.4 is 10.1 Å². The van der Waals surface area contributed by atoms with Crippen LogP contribution in [0.25, 0.3) is 0 Å². The third kappa shape index (κ3) is 8.07. The Bertz CT molecular complexity index is 1320. The number of carbonyl (C=O) groups is 2. The number of sulfonamides is 1. The number of fused-ring (bicyclic) bond motifs is 1. The fourth-order valence-electron chi connectivity index (χ4n) is 5.16. The standard InChI is InChI=1S/C30H42N4O7S/c1-22-19-34(23(2)21-35)30(37)18-24-17-25(31-29(36)11-12-33-13-15-40-16-14-33)9-10-27(24)41-28(22)20-32(3)42(38,39)26-7-5-4-6-8-26/h4-10,17,22-23,28,35H,11-16,18-21H2,1-3H3,(H,31,36)/t22-,23+,28+/m1/s1. The number of ether oxygens (including phenoxy) is 2. The van der Waals surface area contributed by atoms with E-state index in [0.717, 1.165) is 13.1 Å². The van der Waals surface area contributed by atoms with E-state index in [1.54, 1.807) is 60.4 Å². The molecule has 1 saturated heterocycles. The molecule has 11 nitrogen and oxygen atoms in total. The second-order valence-electron chi connectivity index (χ2n) is 11.1. The van der Waals surface area contributed by atoms with Gasteiger partial charge in [0.25, 0.3) is 0 Å². The van der Waals surface area contributed by atoms with Gasteiger partial charge in [0.15, 0.2) is 0 Å². The highest BCUT2D eigenvalue weighted by Crippen LogP contribution is 2.30. The van der Waals surface area contributed by atoms with Crippen molar-refractivity contribution in [3.05, 3.63) is 54.1 Å². The van der Waals surface area contributed by atoms with Crippen molar-refractivity contribution in [1.29, 1.82) is 0 Å². The van der Waals surface area contributed by atoms with Gasteiger partial charge in [0.05, 0.1) is 43.7 Å². The van der Waals surface area contributed by atoms with Crippen LogP contribution in [-0.4, -0.2) is 111 Å². The van der Waals surface area contributed by atoms with Crippen molar-refractivity contribution in [3.8, 4) is 5.75 Å². The van der Waals surface area contributed by atoms with Crippen LogP contribution >= 0.6 is 0 Å². The van der Waals surface area contributed by atoms with Gasteiger partial charge in [0, 0.05) is 56.8 Å². The van der Waals surface area contributed by atoms with Gasteiger partial charge in [0.1, 0.15) is 11.9 Å². The molecule has 2 aromatic carbocycles. The maximum Gasteiger partial charge on any atom is 0.242 e. The highest BCUT2D eigenvalue weighted by atomic mass is 32.2. The second-order valence-corrected chi connectivity index (χ2v) is 13.1. The Hall–Kier alpha value is -3.03. The number of anilines is 1. The largest absolute Gasteiger partial charge is 0.488 e. The van der Waals surface area contributed by atoms with Gasteiger partial charge >= 0.3 is 0 Å². The predicted molar refractivity (Wildman–Crippen MR) is 159 cm³/mol. The zero-order valence-electron chi connectivity index (χ0n) is 24.6. The van der Waals surface area contributed by atoms with Crippen molar-refractivity contribution in [1.82, 2.24) is 14.1 Å². The van der Waals surface area contributed by atoms with E-state index in [1.807, 2.05) is 6.92 Å². The minimum atomic E-state index is -3.77. The predicted octanol–water partition coefficient (Wildman–Crippen LogP) is 1.82. The molecule has 2 N–H and O–H groups in total. The molecule has 230 valence electrons. The number of hydrogen-bond donors (Lipinski definition) is 2. The molecule has 0 bridgehead atoms. The Morgan fingerprint density at radius 1 is 1.17 bits per heavy atom. The SMILES string of the molecule is C[C@@H]1CN([C@@H](C)CO)C(=O)Cc2cc(NC(=O)CCN3CCOCC3)ccc2O[C@H]1CN(C)S(=O)(=O)c1ccccc1. The lowest BCUT2D eigenvalue weighted by atomic mass is 10.0. The van der Waals surface area contributed by atoms with Crippen LogP contribution in [0.5, 0.6) is 5.75 Å². The van der Waals surface area contributed by atoms with Crippen LogP contribution in [0.3, 0.4) is 0 Å². The van der Waals surface area contributed by atoms with E-state index >= 15 is 0 Å². The van der Waals surface area contributed by atoms with E-state index in [0.29, 0.717) is 43.2 Å². The number of morpholine rings is 1. The Balaban J connectivity index is 1.56. The molecule has 0 aromatic heterocycles. The highest BCUT2D eigenvalue weighted by molar-refractivity contribution is 7.89. The van der Waals surface area contributed by atoms with Crippen LogP contribution in [0.4, 0.5) is 5.69 Å². The second kappa shape index (κ2) is 14.4. The van der Waals surface area contributed by atoms with E-state index < -0.39 is 22.2 Å². The number of rotatable bonds is 10. The number of carbonyl (C=O) groups excluding carboxylic acids is 2. The minimum absolute atomic E-state index is 0.00869. The van der Waals surface area contributed by atoms with Gasteiger partial charge < -0.3 is 24.8 Å². The van der Waals surface area contributed by atoms with Crippen LogP contribution in [0, 0.1) is 5.92 Å². The van der Waals surface area contributed by atoms with E-state index in [4.69, 9.17) is 9.47 Å². The smallest absolute Gasteiger partial charge is 0.242 e. The van der Waals surface area contributed by atoms with Gasteiger partial charge in [-0.05, 0) is 37.3 Å². The van der Waals surface area contributed by atoms with Gasteiger partial charge in [-0.2, -0.15) is 4.31 Å². The zero-order valence-corrected chi connectivity index (χ0v) is 25.4. The molecule has 2 aliphatic rings. The van der Waals surface area contributed by atoms with E-state index in [1.165, 1.54) is 11.4 Å². The topological polar surface area (TPSA) is 129 Å². The number of hydrogen-bond acceptors (Lipinski definition) is 8. The quantitative estimate of drug-likeness (QED) is 0.422. The molecule has 1 fully saturated rings. The van der Waals surface area contributed by atoms with Gasteiger partial charge in [-0.1, -0.05) is 25.1 Å². The molecule has 0 unspecified atom stereocenters. The number of benzene rings is 2. The summed E-state index contributed by atoms with van der Waals surface area (Å²) >= 11 is 0. The average Bonchev–Trinajstić information content (AvgIpc) is 3.04. The average molecular weight is 603 g/mol. The monoisotopic (exact) mass is 602 g/mol. The lowest BCUT2D eigenvalue weighted by Gasteiger charge is -2.33. The summed E-state index contributed by atoms with van der Waals surface area (Å²) < 4.78 is 39.6. The van der Waals surface area contributed by atoms with Crippen LogP contribution in [0.15, 0.2) is 53.4 Å². The molecular weight excluding hydrogens is 560 g/mol. The molecule has 2 amide bonds. The molecule has 0 radical (unpaired) electrons. The first kappa shape index (κ1) is 31.9. The summed E-state index contributed by atoms with van der Waals surface area (Å²) in [6.45, 7) is 7.37. The Morgan fingerprint density at radius 2 is 1.88 bits per heavy atom. The Kier molecular flexibility index (Phi) is 11.0. The third-order valence-electron chi connectivity index (χ3n) is 7.85. The maximum absolute atomic E-state index is 13.5. The molecule has 2 aromatic rings. The molecule has 42 heavy (non-hydrogen) atoms. The molecule has 3 atom stereocenters. The zero-order chi connectivity index (χ0) is 30.3. The van der Waals surface area contributed by atoms with Crippen molar-refractivity contribution in [2.45, 2.75) is 43.7 Å². The fraction of sp³-hybridized carbons (Fsp3) is 0.533. The van der Waals surface area contributed by atoms with Gasteiger partial charge in [-0.25, -0.2) is 8.42 Å². The minimum Gasteiger partial charge on any atom is -0.488 e. The molecule has 0 aliphatic carbocycles. The molecular formula is C30H42N4O7S. The van der Waals surface area contributed by atoms with Crippen molar-refractivity contribution in [2.24, 2.45) is 5.92 Å². The summed E-state index contributed by atoms with van der Waals surface area (Å²) in [6.07, 6.45) is -0.259. The summed E-state index contributed by atoms with van der Waals surface area (Å²) in [4.78, 5) is 30.2. The van der Waals surface area contributed by atoms with Crippen molar-refractivity contribution < 1.29 is 32.6 Å². The normalized spacial score (nSPS) is 21.1. The Labute approximate surface area is 248 Å². The summed E-state index contributed by atoms with van der Waals surface area (Å²) in [6, 6.07) is 13.0. The van der Waals surface area contributed by atoms with Gasteiger partial charge in [-0.3, -0.25) is 14.5 Å². The number of likely N-dealkylation sites (N-methyl/N-ethyl adjacent to an activating group) is 1. The van der Waals surface area contributed by atoms with Crippen LogP contribution in [0.2, 0.25) is 0 Å². The fourth-order valence-corrected chi connectivity index (χ4v) is 6.36. The summed E-state index contributed by atoms with van der Waals surface area (Å²) in [5, 5.41) is 12.8. The summed E-state index contributed by atoms with van der Waals surface area (Å²) in [5.74, 6) is -0.126. The van der Waals surface area contributed by atoms with E-state index in [9.17, 15) is 23.1 Å². The lowest BCUT2D eigenvalue weighted by Crippen LogP contribution is -2.48. The van der Waals surface area contributed by atoms with Crippen LogP contribution in [0.1, 0.15) is 25.8 Å². The first-order valence-electron chi connectivity index (χ1n) is 14.4. The molecule has 2 aliphatic heterocycles. The van der Waals surface area contributed by atoms with Gasteiger partial charge in [0.2, 0.25) is 21.8 Å². The Morgan fingerprint density at radius 3 is 2.57 bits per heavy atom. The van der Waals surface area contributed by atoms with Gasteiger partial charge in [-0.15, -0.1) is 0 Å². The molecule has 0 spiro atoms. The summed E-state index contributed by atoms with van der Waals surface area (Å²) in [5.41, 5.74) is 1.13. The molecule has 0 saturated carbocycles. The summed E-state index contributed by atoms with van der Waals surface area (Å²) in [7, 11) is -2.26. The molecule has 12 heteroatoms. The lowest BCUT2D eigenvalue weighted by molar-refractivity contribution is -0.134. The maximum atomic E-state index is 13.5. The number of aliphatic hydroxyl groups excluding tert-OH is 1. The van der Waals surface area contributed by atoms with E-state index in [2.05, 4.69) is 10.2 Å². The van der Waals surface area contributed by atoms with E-state index in [-0.39, 0.29) is 48.7 Å². The van der Waals surface area contributed by atoms with Crippen molar-refractivity contribution in [3.63, 3.8) is 0 Å². The van der Waals surface area contributed by atoms with Crippen molar-refractivity contribution in [2.75, 3.05) is 64.9 Å². The van der Waals surface area contributed by atoms with Crippen LogP contribution in [-0.2, 0) is 30.8 Å². The highest BCUT2D eigenvalue weighted by Gasteiger charge is 2.33. The number of nitrogens with one attached hydrogen (secondary N) is 1. The number of amides is 2. The molecule has 4 rings (SSSR count). The first-order chi connectivity index (χ1) is 20.1.